The minimum Gasteiger partial charge on any atom is -0.462 e. The SMILES string of the molecule is CCCCC(=O)O[C@H]1CC[C@H]2[C@@H]3CC=C4c5sc(Nc6ccc(F)cc6F)nc5CC[C@]4(C)[C@H]3CC[C@]12C. The molecular formula is C31H38F2N2O2S. The van der Waals surface area contributed by atoms with Crippen LogP contribution in [0.15, 0.2) is 24.3 Å². The van der Waals surface area contributed by atoms with E-state index in [1.54, 1.807) is 11.3 Å². The van der Waals surface area contributed by atoms with Crippen LogP contribution in [0.1, 0.15) is 89.1 Å². The Hall–Kier alpha value is -2.28. The zero-order chi connectivity index (χ0) is 26.7. The van der Waals surface area contributed by atoms with E-state index < -0.39 is 11.6 Å². The highest BCUT2D eigenvalue weighted by molar-refractivity contribution is 7.16. The number of esters is 1. The van der Waals surface area contributed by atoms with E-state index in [4.69, 9.17) is 9.72 Å². The van der Waals surface area contributed by atoms with Crippen molar-refractivity contribution in [1.82, 2.24) is 4.98 Å². The fourth-order valence-electron chi connectivity index (χ4n) is 8.32. The third kappa shape index (κ3) is 4.20. The Labute approximate surface area is 228 Å². The van der Waals surface area contributed by atoms with Crippen LogP contribution in [0.5, 0.6) is 0 Å². The second kappa shape index (κ2) is 9.72. The van der Waals surface area contributed by atoms with E-state index in [0.717, 1.165) is 69.5 Å². The second-order valence-corrected chi connectivity index (χ2v) is 13.4. The molecule has 0 spiro atoms. The van der Waals surface area contributed by atoms with Crippen LogP contribution >= 0.6 is 11.3 Å². The molecule has 1 N–H and O–H groups in total. The number of unbranched alkanes of at least 4 members (excludes halogenated alkanes) is 1. The van der Waals surface area contributed by atoms with Gasteiger partial charge in [-0.1, -0.05) is 44.6 Å². The number of aromatic nitrogens is 1. The van der Waals surface area contributed by atoms with Crippen LogP contribution in [-0.4, -0.2) is 17.1 Å². The van der Waals surface area contributed by atoms with Crippen molar-refractivity contribution in [3.8, 4) is 0 Å². The normalized spacial score (nSPS) is 33.4. The number of hydrogen-bond donors (Lipinski definition) is 1. The van der Waals surface area contributed by atoms with Gasteiger partial charge in [-0.05, 0) is 92.2 Å². The van der Waals surface area contributed by atoms with Gasteiger partial charge in [-0.3, -0.25) is 4.79 Å². The van der Waals surface area contributed by atoms with Gasteiger partial charge in [-0.15, -0.1) is 0 Å². The number of aryl methyl sites for hydroxylation is 1. The van der Waals surface area contributed by atoms with Crippen LogP contribution in [0.4, 0.5) is 19.6 Å². The maximum Gasteiger partial charge on any atom is 0.306 e. The van der Waals surface area contributed by atoms with Gasteiger partial charge in [-0.2, -0.15) is 0 Å². The molecule has 4 aliphatic rings. The highest BCUT2D eigenvalue weighted by Crippen LogP contribution is 2.66. The zero-order valence-corrected chi connectivity index (χ0v) is 23.4. The standard InChI is InChI=1S/C31H38F2N2O2S/c1-4-5-6-27(36)37-26-12-10-20-19-8-9-22-28-25(14-16-30(22,2)21(19)13-15-31(20,26)3)35-29(38-28)34-24-11-7-18(32)17-23(24)33/h7,9,11,17,19-21,26H,4-6,8,10,12-16H2,1-3H3,(H,34,35)/t19-,20-,21-,26-,30+,31-/m0/s1. The summed E-state index contributed by atoms with van der Waals surface area (Å²) in [5.41, 5.74) is 2.91. The lowest BCUT2D eigenvalue weighted by Crippen LogP contribution is -2.50. The van der Waals surface area contributed by atoms with E-state index in [-0.39, 0.29) is 28.6 Å². The maximum atomic E-state index is 14.3. The highest BCUT2D eigenvalue weighted by atomic mass is 32.1. The van der Waals surface area contributed by atoms with Crippen molar-refractivity contribution in [3.63, 3.8) is 0 Å². The number of benzene rings is 1. The monoisotopic (exact) mass is 540 g/mol. The summed E-state index contributed by atoms with van der Waals surface area (Å²) in [5, 5.41) is 3.75. The molecule has 6 rings (SSSR count). The Balaban J connectivity index is 1.23. The van der Waals surface area contributed by atoms with E-state index in [9.17, 15) is 13.6 Å². The van der Waals surface area contributed by atoms with E-state index >= 15 is 0 Å². The first-order valence-corrected chi connectivity index (χ1v) is 15.2. The first kappa shape index (κ1) is 26.0. The molecule has 2 fully saturated rings. The number of hydrogen-bond acceptors (Lipinski definition) is 5. The molecule has 4 aliphatic carbocycles. The molecule has 7 heteroatoms. The number of nitrogens with zero attached hydrogens (tertiary/aromatic N) is 1. The lowest BCUT2D eigenvalue weighted by atomic mass is 9.48. The summed E-state index contributed by atoms with van der Waals surface area (Å²) in [4.78, 5) is 18.5. The van der Waals surface area contributed by atoms with Gasteiger partial charge in [0.1, 0.15) is 17.7 Å². The van der Waals surface area contributed by atoms with E-state index in [2.05, 4.69) is 32.2 Å². The van der Waals surface area contributed by atoms with Crippen molar-refractivity contribution in [2.24, 2.45) is 28.6 Å². The van der Waals surface area contributed by atoms with E-state index in [1.165, 1.54) is 22.6 Å². The molecule has 38 heavy (non-hydrogen) atoms. The van der Waals surface area contributed by atoms with Crippen molar-refractivity contribution in [2.45, 2.75) is 91.1 Å². The van der Waals surface area contributed by atoms with Gasteiger partial charge in [0.2, 0.25) is 0 Å². The van der Waals surface area contributed by atoms with Crippen molar-refractivity contribution < 1.29 is 18.3 Å². The van der Waals surface area contributed by atoms with Crippen LogP contribution in [0, 0.1) is 40.2 Å². The summed E-state index contributed by atoms with van der Waals surface area (Å²) in [6.07, 6.45) is 12.4. The van der Waals surface area contributed by atoms with E-state index in [0.29, 0.717) is 29.3 Å². The fourth-order valence-corrected chi connectivity index (χ4v) is 9.52. The smallest absolute Gasteiger partial charge is 0.306 e. The van der Waals surface area contributed by atoms with Crippen LogP contribution in [0.3, 0.4) is 0 Å². The Bertz CT molecular complexity index is 1270. The molecule has 4 nitrogen and oxygen atoms in total. The van der Waals surface area contributed by atoms with Crippen molar-refractivity contribution >= 4 is 33.7 Å². The number of fused-ring (bicyclic) bond motifs is 7. The molecular weight excluding hydrogens is 502 g/mol. The number of allylic oxidation sites excluding steroid dienone is 2. The molecule has 6 atom stereocenters. The predicted octanol–water partition coefficient (Wildman–Crippen LogP) is 8.45. The third-order valence-corrected chi connectivity index (χ3v) is 11.4. The molecule has 1 heterocycles. The van der Waals surface area contributed by atoms with Crippen molar-refractivity contribution in [1.29, 1.82) is 0 Å². The molecule has 2 aromatic rings. The van der Waals surface area contributed by atoms with Crippen LogP contribution < -0.4 is 5.32 Å². The molecule has 0 aliphatic heterocycles. The van der Waals surface area contributed by atoms with Crippen LogP contribution in [-0.2, 0) is 16.0 Å². The van der Waals surface area contributed by atoms with Gasteiger partial charge >= 0.3 is 5.97 Å². The molecule has 204 valence electrons. The predicted molar refractivity (Wildman–Crippen MR) is 147 cm³/mol. The first-order valence-electron chi connectivity index (χ1n) is 14.3. The molecule has 0 bridgehead atoms. The summed E-state index contributed by atoms with van der Waals surface area (Å²) in [5.74, 6) is 0.586. The largest absolute Gasteiger partial charge is 0.462 e. The number of rotatable bonds is 6. The number of thiazole rings is 1. The first-order chi connectivity index (χ1) is 18.2. The topological polar surface area (TPSA) is 51.2 Å². The summed E-state index contributed by atoms with van der Waals surface area (Å²) in [7, 11) is 0. The molecule has 0 radical (unpaired) electrons. The van der Waals surface area contributed by atoms with Gasteiger partial charge < -0.3 is 10.1 Å². The van der Waals surface area contributed by atoms with Gasteiger partial charge in [0.15, 0.2) is 5.13 Å². The average Bonchev–Trinajstić information content (AvgIpc) is 3.44. The minimum absolute atomic E-state index is 0.0198. The Morgan fingerprint density at radius 2 is 2.03 bits per heavy atom. The third-order valence-electron chi connectivity index (χ3n) is 10.4. The second-order valence-electron chi connectivity index (χ2n) is 12.4. The summed E-state index contributed by atoms with van der Waals surface area (Å²) < 4.78 is 33.7. The zero-order valence-electron chi connectivity index (χ0n) is 22.6. The Kier molecular flexibility index (Phi) is 6.64. The molecule has 1 aromatic heterocycles. The van der Waals surface area contributed by atoms with Gasteiger partial charge in [0.25, 0.3) is 0 Å². The molecule has 0 unspecified atom stereocenters. The van der Waals surface area contributed by atoms with Crippen LogP contribution in [0.2, 0.25) is 0 Å². The Morgan fingerprint density at radius 3 is 2.82 bits per heavy atom. The number of carbonyl (C=O) groups excluding carboxylic acids is 1. The van der Waals surface area contributed by atoms with Crippen molar-refractivity contribution in [3.05, 3.63) is 46.5 Å². The van der Waals surface area contributed by atoms with E-state index in [1.807, 2.05) is 0 Å². The molecule has 1 aromatic carbocycles. The number of halogens is 2. The number of ether oxygens (including phenoxy) is 1. The molecule has 0 amide bonds. The highest BCUT2D eigenvalue weighted by Gasteiger charge is 2.60. The fraction of sp³-hybridized carbons (Fsp3) is 0.613. The number of anilines is 2. The van der Waals surface area contributed by atoms with Gasteiger partial charge in [0.05, 0.1) is 16.3 Å². The molecule has 2 saturated carbocycles. The summed E-state index contributed by atoms with van der Waals surface area (Å²) in [6, 6.07) is 3.58. The van der Waals surface area contributed by atoms with Gasteiger partial charge in [0, 0.05) is 17.9 Å². The Morgan fingerprint density at radius 1 is 1.18 bits per heavy atom. The van der Waals surface area contributed by atoms with Crippen LogP contribution in [0.25, 0.3) is 5.57 Å². The number of carbonyl (C=O) groups is 1. The quantitative estimate of drug-likeness (QED) is 0.374. The van der Waals surface area contributed by atoms with Crippen molar-refractivity contribution in [2.75, 3.05) is 5.32 Å². The maximum absolute atomic E-state index is 14.3. The summed E-state index contributed by atoms with van der Waals surface area (Å²) >= 11 is 1.59. The number of nitrogens with one attached hydrogen (secondary N) is 1. The van der Waals surface area contributed by atoms with Gasteiger partial charge in [-0.25, -0.2) is 13.8 Å². The molecule has 0 saturated heterocycles. The average molecular weight is 541 g/mol. The summed E-state index contributed by atoms with van der Waals surface area (Å²) in [6.45, 7) is 6.94. The lowest BCUT2D eigenvalue weighted by molar-refractivity contribution is -0.159. The lowest BCUT2D eigenvalue weighted by Gasteiger charge is -2.56. The minimum atomic E-state index is -0.612.